The van der Waals surface area contributed by atoms with Crippen LogP contribution in [0.4, 0.5) is 0 Å². The smallest absolute Gasteiger partial charge is 0.188 e. The van der Waals surface area contributed by atoms with E-state index in [1.807, 2.05) is 6.92 Å². The predicted molar refractivity (Wildman–Crippen MR) is 48.5 cm³/mol. The van der Waals surface area contributed by atoms with E-state index in [1.165, 1.54) is 11.8 Å². The maximum Gasteiger partial charge on any atom is 0.188 e. The van der Waals surface area contributed by atoms with E-state index >= 15 is 0 Å². The van der Waals surface area contributed by atoms with Gasteiger partial charge in [0.1, 0.15) is 0 Å². The largest absolute Gasteiger partial charge is 0.381 e. The van der Waals surface area contributed by atoms with E-state index < -0.39 is 0 Å². The van der Waals surface area contributed by atoms with Gasteiger partial charge in [-0.15, -0.1) is 0 Å². The minimum Gasteiger partial charge on any atom is -0.381 e. The Morgan fingerprint density at radius 1 is 1.64 bits per heavy atom. The standard InChI is InChI=1S/C8H15O2S/c1-3-8(9)11-7-5-6-10-4-2/h2-7H2,1H3. The Balaban J connectivity index is 2.95. The van der Waals surface area contributed by atoms with E-state index in [0.717, 1.165) is 12.2 Å². The molecular formula is C8H15O2S. The molecule has 65 valence electrons. The van der Waals surface area contributed by atoms with E-state index in [0.29, 0.717) is 19.6 Å². The Bertz CT molecular complexity index is 104. The molecule has 0 aliphatic rings. The summed E-state index contributed by atoms with van der Waals surface area (Å²) < 4.78 is 5.01. The molecule has 0 unspecified atom stereocenters. The van der Waals surface area contributed by atoms with Gasteiger partial charge in [0.25, 0.3) is 0 Å². The number of hydrogen-bond donors (Lipinski definition) is 0. The lowest BCUT2D eigenvalue weighted by Crippen LogP contribution is -1.97. The van der Waals surface area contributed by atoms with Gasteiger partial charge in [0.2, 0.25) is 0 Å². The number of hydrogen-bond acceptors (Lipinski definition) is 3. The molecule has 2 nitrogen and oxygen atoms in total. The van der Waals surface area contributed by atoms with Crippen LogP contribution in [0.2, 0.25) is 0 Å². The average molecular weight is 175 g/mol. The van der Waals surface area contributed by atoms with Crippen LogP contribution in [0.1, 0.15) is 19.8 Å². The van der Waals surface area contributed by atoms with Crippen LogP contribution in [0.25, 0.3) is 0 Å². The monoisotopic (exact) mass is 175 g/mol. The molecule has 0 bridgehead atoms. The molecule has 3 heteroatoms. The highest BCUT2D eigenvalue weighted by Crippen LogP contribution is 2.06. The van der Waals surface area contributed by atoms with Crippen LogP contribution < -0.4 is 0 Å². The highest BCUT2D eigenvalue weighted by molar-refractivity contribution is 8.13. The van der Waals surface area contributed by atoms with E-state index in [1.54, 1.807) is 0 Å². The zero-order valence-corrected chi connectivity index (χ0v) is 7.78. The van der Waals surface area contributed by atoms with Gasteiger partial charge in [-0.2, -0.15) is 0 Å². The lowest BCUT2D eigenvalue weighted by Gasteiger charge is -1.99. The third-order valence-electron chi connectivity index (χ3n) is 1.13. The van der Waals surface area contributed by atoms with E-state index in [2.05, 4.69) is 6.92 Å². The van der Waals surface area contributed by atoms with Crippen LogP contribution >= 0.6 is 11.8 Å². The van der Waals surface area contributed by atoms with Crippen molar-refractivity contribution in [3.05, 3.63) is 6.92 Å². The second-order valence-corrected chi connectivity index (χ2v) is 3.19. The maximum atomic E-state index is 10.8. The summed E-state index contributed by atoms with van der Waals surface area (Å²) in [5, 5.41) is 0.264. The van der Waals surface area contributed by atoms with Crippen LogP contribution in [0, 0.1) is 6.92 Å². The summed E-state index contributed by atoms with van der Waals surface area (Å²) in [6.07, 6.45) is 1.56. The van der Waals surface area contributed by atoms with Gasteiger partial charge in [0.05, 0.1) is 0 Å². The van der Waals surface area contributed by atoms with Crippen molar-refractivity contribution < 1.29 is 9.53 Å². The zero-order chi connectivity index (χ0) is 8.53. The summed E-state index contributed by atoms with van der Waals surface area (Å²) in [5.74, 6) is 0.868. The first-order chi connectivity index (χ1) is 5.31. The van der Waals surface area contributed by atoms with Gasteiger partial charge < -0.3 is 4.74 Å². The highest BCUT2D eigenvalue weighted by atomic mass is 32.2. The van der Waals surface area contributed by atoms with Crippen molar-refractivity contribution in [2.24, 2.45) is 0 Å². The third kappa shape index (κ3) is 7.88. The number of carbonyl (C=O) groups is 1. The Labute approximate surface area is 72.7 Å². The number of thioether (sulfide) groups is 1. The molecule has 0 amide bonds. The summed E-state index contributed by atoms with van der Waals surface area (Å²) in [6, 6.07) is 0. The van der Waals surface area contributed by atoms with Crippen molar-refractivity contribution in [2.75, 3.05) is 19.0 Å². The van der Waals surface area contributed by atoms with Gasteiger partial charge >= 0.3 is 0 Å². The first kappa shape index (κ1) is 11.0. The fourth-order valence-electron chi connectivity index (χ4n) is 0.551. The first-order valence-electron chi connectivity index (χ1n) is 3.83. The lowest BCUT2D eigenvalue weighted by atomic mass is 10.5. The second-order valence-electron chi connectivity index (χ2n) is 2.04. The fourth-order valence-corrected chi connectivity index (χ4v) is 1.25. The van der Waals surface area contributed by atoms with Gasteiger partial charge in [-0.1, -0.05) is 18.7 Å². The van der Waals surface area contributed by atoms with Crippen molar-refractivity contribution in [2.45, 2.75) is 19.8 Å². The molecule has 1 radical (unpaired) electrons. The zero-order valence-electron chi connectivity index (χ0n) is 6.97. The van der Waals surface area contributed by atoms with Gasteiger partial charge in [0.15, 0.2) is 5.12 Å². The molecule has 11 heavy (non-hydrogen) atoms. The Hall–Kier alpha value is -0.0200. The first-order valence-corrected chi connectivity index (χ1v) is 4.82. The number of carbonyl (C=O) groups excluding carboxylic acids is 1. The van der Waals surface area contributed by atoms with E-state index in [-0.39, 0.29) is 5.12 Å². The summed E-state index contributed by atoms with van der Waals surface area (Å²) in [5.41, 5.74) is 0. The van der Waals surface area contributed by atoms with Gasteiger partial charge in [0, 0.05) is 25.4 Å². The molecule has 0 spiro atoms. The maximum absolute atomic E-state index is 10.8. The van der Waals surface area contributed by atoms with Crippen molar-refractivity contribution >= 4 is 16.9 Å². The molecule has 0 aromatic heterocycles. The Morgan fingerprint density at radius 2 is 2.36 bits per heavy atom. The minimum absolute atomic E-state index is 0.264. The topological polar surface area (TPSA) is 26.3 Å². The van der Waals surface area contributed by atoms with Crippen molar-refractivity contribution in [1.82, 2.24) is 0 Å². The lowest BCUT2D eigenvalue weighted by molar-refractivity contribution is -0.110. The van der Waals surface area contributed by atoms with Crippen LogP contribution in [-0.4, -0.2) is 24.1 Å². The molecule has 0 saturated heterocycles. The molecule has 0 aromatic rings. The number of ether oxygens (including phenoxy) is 1. The molecule has 0 N–H and O–H groups in total. The van der Waals surface area contributed by atoms with Crippen LogP contribution in [0.15, 0.2) is 0 Å². The van der Waals surface area contributed by atoms with Crippen LogP contribution in [-0.2, 0) is 9.53 Å². The molecule has 0 fully saturated rings. The summed E-state index contributed by atoms with van der Waals surface area (Å²) in [4.78, 5) is 10.8. The summed E-state index contributed by atoms with van der Waals surface area (Å²) >= 11 is 1.39. The molecule has 0 aromatic carbocycles. The van der Waals surface area contributed by atoms with Gasteiger partial charge in [-0.25, -0.2) is 0 Å². The quantitative estimate of drug-likeness (QED) is 0.577. The average Bonchev–Trinajstić information content (AvgIpc) is 2.04. The van der Waals surface area contributed by atoms with Crippen LogP contribution in [0.3, 0.4) is 0 Å². The molecule has 0 heterocycles. The molecule has 0 aliphatic carbocycles. The Morgan fingerprint density at radius 3 is 2.91 bits per heavy atom. The van der Waals surface area contributed by atoms with Crippen LogP contribution in [0.5, 0.6) is 0 Å². The summed E-state index contributed by atoms with van der Waals surface area (Å²) in [7, 11) is 0. The molecule has 0 aliphatic heterocycles. The van der Waals surface area contributed by atoms with Gasteiger partial charge in [-0.3, -0.25) is 4.79 Å². The SMILES string of the molecule is [CH2]COCCCSC(=O)CC. The van der Waals surface area contributed by atoms with Crippen molar-refractivity contribution in [3.63, 3.8) is 0 Å². The van der Waals surface area contributed by atoms with Gasteiger partial charge in [-0.05, 0) is 13.3 Å². The Kier molecular flexibility index (Phi) is 8.07. The third-order valence-corrected chi connectivity index (χ3v) is 2.23. The molecule has 0 rings (SSSR count). The second kappa shape index (κ2) is 8.08. The van der Waals surface area contributed by atoms with Crippen molar-refractivity contribution in [3.8, 4) is 0 Å². The van der Waals surface area contributed by atoms with E-state index in [9.17, 15) is 4.79 Å². The molecular weight excluding hydrogens is 160 g/mol. The normalized spacial score (nSPS) is 10.0. The summed E-state index contributed by atoms with van der Waals surface area (Å²) in [6.45, 7) is 6.65. The molecule has 0 atom stereocenters. The minimum atomic E-state index is 0.264. The number of rotatable bonds is 6. The van der Waals surface area contributed by atoms with Crippen molar-refractivity contribution in [1.29, 1.82) is 0 Å². The molecule has 0 saturated carbocycles. The fraction of sp³-hybridized carbons (Fsp3) is 0.750. The van der Waals surface area contributed by atoms with E-state index in [4.69, 9.17) is 4.74 Å². The highest BCUT2D eigenvalue weighted by Gasteiger charge is 1.97. The predicted octanol–water partition coefficient (Wildman–Crippen LogP) is 1.90.